The van der Waals surface area contributed by atoms with Gasteiger partial charge in [0.05, 0.1) is 25.5 Å². The van der Waals surface area contributed by atoms with Crippen molar-refractivity contribution in [2.45, 2.75) is 18.9 Å². The predicted octanol–water partition coefficient (Wildman–Crippen LogP) is 3.89. The summed E-state index contributed by atoms with van der Waals surface area (Å²) in [6, 6.07) is 13.9. The second-order valence-corrected chi connectivity index (χ2v) is 8.61. The minimum Gasteiger partial charge on any atom is -0.495 e. The third-order valence-electron chi connectivity index (χ3n) is 6.33. The number of nitrogens with zero attached hydrogens (tertiary/aromatic N) is 5. The number of hydrogen-bond acceptors (Lipinski definition) is 9. The molecule has 0 bridgehead atoms. The molecule has 0 saturated heterocycles. The fraction of sp³-hybridized carbons (Fsp3) is 0.179. The van der Waals surface area contributed by atoms with Gasteiger partial charge in [-0.3, -0.25) is 9.78 Å². The molecule has 0 fully saturated rings. The number of allylic oxidation sites excluding steroid dienone is 4. The van der Waals surface area contributed by atoms with Gasteiger partial charge in [0.15, 0.2) is 5.78 Å². The molecule has 3 N–H and O–H groups in total. The highest BCUT2D eigenvalue weighted by Crippen LogP contribution is 2.39. The zero-order chi connectivity index (χ0) is 25.8. The summed E-state index contributed by atoms with van der Waals surface area (Å²) in [6.45, 7) is 0.503. The van der Waals surface area contributed by atoms with Gasteiger partial charge in [0.25, 0.3) is 0 Å². The Bertz CT molecular complexity index is 1470. The normalized spacial score (nSPS) is 16.6. The Labute approximate surface area is 214 Å². The lowest BCUT2D eigenvalue weighted by Gasteiger charge is -2.36. The zero-order valence-electron chi connectivity index (χ0n) is 20.3. The summed E-state index contributed by atoms with van der Waals surface area (Å²) in [7, 11) is 1.61. The number of ketones is 1. The molecule has 0 amide bonds. The Morgan fingerprint density at radius 2 is 2.03 bits per heavy atom. The number of nitrogens with two attached hydrogens (primary N) is 1. The average Bonchev–Trinajstić information content (AvgIpc) is 2.94. The summed E-state index contributed by atoms with van der Waals surface area (Å²) < 4.78 is 5.37. The van der Waals surface area contributed by atoms with Gasteiger partial charge in [-0.25, -0.2) is 4.98 Å². The maximum absolute atomic E-state index is 13.0. The first-order valence-corrected chi connectivity index (χ1v) is 11.8. The number of rotatable bonds is 7. The first-order valence-electron chi connectivity index (χ1n) is 11.8. The Kier molecular flexibility index (Phi) is 6.64. The van der Waals surface area contributed by atoms with E-state index in [1.54, 1.807) is 19.5 Å². The van der Waals surface area contributed by atoms with Crippen molar-refractivity contribution in [3.63, 3.8) is 0 Å². The summed E-state index contributed by atoms with van der Waals surface area (Å²) in [5, 5.41) is 12.6. The van der Waals surface area contributed by atoms with E-state index in [0.29, 0.717) is 42.1 Å². The minimum atomic E-state index is -0.106. The fourth-order valence-corrected chi connectivity index (χ4v) is 4.53. The Morgan fingerprint density at radius 1 is 1.19 bits per heavy atom. The summed E-state index contributed by atoms with van der Waals surface area (Å²) in [4.78, 5) is 27.5. The molecule has 5 rings (SSSR count). The van der Waals surface area contributed by atoms with E-state index < -0.39 is 0 Å². The Hall–Kier alpha value is -4.97. The maximum Gasteiger partial charge on any atom is 0.222 e. The van der Waals surface area contributed by atoms with E-state index >= 15 is 0 Å². The monoisotopic (exact) mass is 491 g/mol. The number of methoxy groups -OCH3 is 1. The van der Waals surface area contributed by atoms with Gasteiger partial charge in [-0.2, -0.15) is 10.2 Å². The standard InChI is InChI=1S/C28H25N7O2/c1-37-22-11-18(14-31-16-22)23-7-8-26(36)24-12-21(35(17-25(23)24)20-5-3-2-4-6-20)9-10-32-27-19(13-29)15-33-28(30)34-27/h2-7,11-12,14-17,21H,8-10H2,1H3,(H3,30,32,33,34)/t21-/m0/s1. The van der Waals surface area contributed by atoms with Crippen LogP contribution in [0.15, 0.2) is 84.5 Å². The third-order valence-corrected chi connectivity index (χ3v) is 6.33. The molecule has 1 atom stereocenters. The van der Waals surface area contributed by atoms with Crippen molar-refractivity contribution >= 4 is 28.8 Å². The molecule has 184 valence electrons. The molecule has 0 spiro atoms. The van der Waals surface area contributed by atoms with E-state index in [4.69, 9.17) is 10.5 Å². The molecule has 3 aromatic rings. The van der Waals surface area contributed by atoms with Crippen LogP contribution in [0.2, 0.25) is 0 Å². The highest BCUT2D eigenvalue weighted by Gasteiger charge is 2.31. The number of benzene rings is 1. The Balaban J connectivity index is 1.47. The van der Waals surface area contributed by atoms with Gasteiger partial charge in [-0.1, -0.05) is 30.4 Å². The quantitative estimate of drug-likeness (QED) is 0.505. The number of nitriles is 1. The lowest BCUT2D eigenvalue weighted by molar-refractivity contribution is -0.114. The summed E-state index contributed by atoms with van der Waals surface area (Å²) in [5.74, 6) is 1.22. The van der Waals surface area contributed by atoms with Gasteiger partial charge < -0.3 is 20.7 Å². The molecule has 2 aliphatic rings. The van der Waals surface area contributed by atoms with Crippen molar-refractivity contribution in [3.05, 3.63) is 95.6 Å². The summed E-state index contributed by atoms with van der Waals surface area (Å²) in [5.41, 5.74) is 10.4. The molecule has 0 unspecified atom stereocenters. The van der Waals surface area contributed by atoms with Crippen molar-refractivity contribution in [1.82, 2.24) is 15.0 Å². The number of pyridine rings is 1. The van der Waals surface area contributed by atoms with Crippen LogP contribution in [0.4, 0.5) is 17.5 Å². The van der Waals surface area contributed by atoms with Gasteiger partial charge in [-0.15, -0.1) is 0 Å². The smallest absolute Gasteiger partial charge is 0.222 e. The summed E-state index contributed by atoms with van der Waals surface area (Å²) in [6.07, 6.45) is 11.8. The molecule has 37 heavy (non-hydrogen) atoms. The molecule has 0 radical (unpaired) electrons. The molecule has 1 aliphatic carbocycles. The number of carbonyl (C=O) groups excluding carboxylic acids is 1. The molecule has 1 aliphatic heterocycles. The van der Waals surface area contributed by atoms with Crippen LogP contribution in [0.25, 0.3) is 5.57 Å². The number of hydrogen-bond donors (Lipinski definition) is 2. The highest BCUT2D eigenvalue weighted by molar-refractivity contribution is 6.10. The SMILES string of the molecule is COc1cncc(C2=CCC(=O)C3=C[C@H](CCNc4nc(N)ncc4C#N)N(c4ccccc4)C=C32)c1. The van der Waals surface area contributed by atoms with Crippen LogP contribution in [-0.4, -0.2) is 40.4 Å². The number of carbonyl (C=O) groups is 1. The lowest BCUT2D eigenvalue weighted by Crippen LogP contribution is -2.36. The number of nitrogen functional groups attached to an aromatic ring is 1. The first-order chi connectivity index (χ1) is 18.1. The molecule has 9 heteroatoms. The number of para-hydroxylation sites is 1. The Morgan fingerprint density at radius 3 is 2.81 bits per heavy atom. The lowest BCUT2D eigenvalue weighted by atomic mass is 9.82. The van der Waals surface area contributed by atoms with Crippen LogP contribution in [0.3, 0.4) is 0 Å². The van der Waals surface area contributed by atoms with E-state index in [0.717, 1.165) is 22.4 Å². The number of nitrogens with one attached hydrogen (secondary N) is 1. The van der Waals surface area contributed by atoms with Gasteiger partial charge in [0.2, 0.25) is 5.95 Å². The van der Waals surface area contributed by atoms with Crippen molar-refractivity contribution < 1.29 is 9.53 Å². The van der Waals surface area contributed by atoms with Crippen molar-refractivity contribution in [2.24, 2.45) is 0 Å². The minimum absolute atomic E-state index is 0.0758. The van der Waals surface area contributed by atoms with Crippen LogP contribution >= 0.6 is 0 Å². The number of ether oxygens (including phenoxy) is 1. The second kappa shape index (κ2) is 10.3. The highest BCUT2D eigenvalue weighted by atomic mass is 16.5. The van der Waals surface area contributed by atoms with E-state index in [1.165, 1.54) is 6.20 Å². The van der Waals surface area contributed by atoms with Crippen LogP contribution in [-0.2, 0) is 4.79 Å². The molecular formula is C28H25N7O2. The zero-order valence-corrected chi connectivity index (χ0v) is 20.3. The predicted molar refractivity (Wildman–Crippen MR) is 142 cm³/mol. The van der Waals surface area contributed by atoms with Crippen LogP contribution in [0.1, 0.15) is 24.0 Å². The van der Waals surface area contributed by atoms with Crippen molar-refractivity contribution in [2.75, 3.05) is 29.6 Å². The molecule has 3 heterocycles. The molecule has 0 saturated carbocycles. The summed E-state index contributed by atoms with van der Waals surface area (Å²) >= 11 is 0. The second-order valence-electron chi connectivity index (χ2n) is 8.61. The number of Topliss-reactive ketones (excluding diaryl/α,β-unsaturated/α-hetero) is 1. The van der Waals surface area contributed by atoms with Crippen LogP contribution in [0, 0.1) is 11.3 Å². The van der Waals surface area contributed by atoms with E-state index in [2.05, 4.69) is 31.2 Å². The number of anilines is 3. The van der Waals surface area contributed by atoms with E-state index in [9.17, 15) is 10.1 Å². The molecule has 2 aromatic heterocycles. The largest absolute Gasteiger partial charge is 0.495 e. The van der Waals surface area contributed by atoms with Gasteiger partial charge in [0, 0.05) is 47.8 Å². The third kappa shape index (κ3) is 4.90. The van der Waals surface area contributed by atoms with Gasteiger partial charge in [0.1, 0.15) is 23.2 Å². The van der Waals surface area contributed by atoms with E-state index in [1.807, 2.05) is 54.8 Å². The molecule has 9 nitrogen and oxygen atoms in total. The number of aromatic nitrogens is 3. The topological polar surface area (TPSA) is 130 Å². The first kappa shape index (κ1) is 23.8. The van der Waals surface area contributed by atoms with Crippen molar-refractivity contribution in [1.29, 1.82) is 5.26 Å². The van der Waals surface area contributed by atoms with Crippen molar-refractivity contribution in [3.8, 4) is 11.8 Å². The van der Waals surface area contributed by atoms with Crippen LogP contribution < -0.4 is 20.7 Å². The average molecular weight is 492 g/mol. The molecule has 1 aromatic carbocycles. The van der Waals surface area contributed by atoms with E-state index in [-0.39, 0.29) is 17.8 Å². The number of fused-ring (bicyclic) bond motifs is 1. The van der Waals surface area contributed by atoms with Gasteiger partial charge in [-0.05, 0) is 30.2 Å². The van der Waals surface area contributed by atoms with Crippen LogP contribution in [0.5, 0.6) is 5.75 Å². The van der Waals surface area contributed by atoms with Gasteiger partial charge >= 0.3 is 0 Å². The maximum atomic E-state index is 13.0. The fourth-order valence-electron chi connectivity index (χ4n) is 4.53. The molecular weight excluding hydrogens is 466 g/mol.